The van der Waals surface area contributed by atoms with E-state index in [1.165, 1.54) is 74.1 Å². The predicted molar refractivity (Wildman–Crippen MR) is 85.1 cm³/mol. The molecule has 1 unspecified atom stereocenters. The van der Waals surface area contributed by atoms with Gasteiger partial charge in [0.25, 0.3) is 0 Å². The second-order valence-electron chi connectivity index (χ2n) is 6.34. The van der Waals surface area contributed by atoms with Crippen molar-refractivity contribution < 1.29 is 0 Å². The van der Waals surface area contributed by atoms with Crippen molar-refractivity contribution in [3.8, 4) is 11.3 Å². The third-order valence-electron chi connectivity index (χ3n) is 5.02. The molecule has 1 atom stereocenters. The predicted octanol–water partition coefficient (Wildman–Crippen LogP) is 3.94. The van der Waals surface area contributed by atoms with Gasteiger partial charge in [-0.3, -0.25) is 10.00 Å². The molecule has 0 bridgehead atoms. The lowest BCUT2D eigenvalue weighted by molar-refractivity contribution is 0.145. The molecule has 1 aliphatic carbocycles. The van der Waals surface area contributed by atoms with Gasteiger partial charge in [-0.2, -0.15) is 5.10 Å². The van der Waals surface area contributed by atoms with E-state index in [2.05, 4.69) is 45.4 Å². The minimum atomic E-state index is 0.569. The highest BCUT2D eigenvalue weighted by Gasteiger charge is 2.30. The van der Waals surface area contributed by atoms with Crippen LogP contribution in [0.25, 0.3) is 11.3 Å². The lowest BCUT2D eigenvalue weighted by Crippen LogP contribution is -2.35. The van der Waals surface area contributed by atoms with Gasteiger partial charge >= 0.3 is 0 Å². The second-order valence-corrected chi connectivity index (χ2v) is 6.34. The van der Waals surface area contributed by atoms with Crippen molar-refractivity contribution in [3.05, 3.63) is 41.6 Å². The Bertz CT molecular complexity index is 596. The zero-order valence-corrected chi connectivity index (χ0v) is 12.5. The van der Waals surface area contributed by atoms with Gasteiger partial charge in [-0.15, -0.1) is 0 Å². The fourth-order valence-electron chi connectivity index (χ4n) is 3.95. The third kappa shape index (κ3) is 2.40. The van der Waals surface area contributed by atoms with Crippen LogP contribution in [0.15, 0.2) is 30.3 Å². The Hall–Kier alpha value is -1.61. The number of likely N-dealkylation sites (tertiary alicyclic amines) is 1. The molecule has 1 fully saturated rings. The molecule has 3 nitrogen and oxygen atoms in total. The van der Waals surface area contributed by atoms with Gasteiger partial charge in [0.15, 0.2) is 0 Å². The summed E-state index contributed by atoms with van der Waals surface area (Å²) in [7, 11) is 0. The monoisotopic (exact) mass is 281 g/mol. The number of H-pyrrole nitrogens is 1. The average molecular weight is 281 g/mol. The van der Waals surface area contributed by atoms with Crippen LogP contribution in [0.3, 0.4) is 0 Å². The van der Waals surface area contributed by atoms with Crippen LogP contribution in [-0.4, -0.2) is 28.2 Å². The van der Waals surface area contributed by atoms with Gasteiger partial charge < -0.3 is 0 Å². The van der Waals surface area contributed by atoms with Crippen LogP contribution in [0.1, 0.15) is 49.4 Å². The molecule has 1 N–H and O–H groups in total. The molecule has 0 spiro atoms. The molecule has 1 aromatic heterocycles. The van der Waals surface area contributed by atoms with Gasteiger partial charge in [0, 0.05) is 11.1 Å². The topological polar surface area (TPSA) is 31.9 Å². The summed E-state index contributed by atoms with van der Waals surface area (Å²) >= 11 is 0. The minimum absolute atomic E-state index is 0.569. The lowest BCUT2D eigenvalue weighted by atomic mass is 9.88. The number of nitrogens with zero attached hydrogens (tertiary/aromatic N) is 2. The molecule has 1 aliphatic heterocycles. The van der Waals surface area contributed by atoms with E-state index in [9.17, 15) is 0 Å². The van der Waals surface area contributed by atoms with Crippen LogP contribution in [0, 0.1) is 0 Å². The molecule has 3 heteroatoms. The molecule has 21 heavy (non-hydrogen) atoms. The number of nitrogens with one attached hydrogen (secondary N) is 1. The van der Waals surface area contributed by atoms with E-state index < -0.39 is 0 Å². The molecule has 4 rings (SSSR count). The van der Waals surface area contributed by atoms with Crippen LogP contribution >= 0.6 is 0 Å². The van der Waals surface area contributed by atoms with Crippen molar-refractivity contribution in [1.82, 2.24) is 15.1 Å². The summed E-state index contributed by atoms with van der Waals surface area (Å²) < 4.78 is 0. The van der Waals surface area contributed by atoms with Crippen molar-refractivity contribution in [1.29, 1.82) is 0 Å². The molecule has 0 saturated carbocycles. The van der Waals surface area contributed by atoms with Gasteiger partial charge in [0.2, 0.25) is 0 Å². The zero-order valence-electron chi connectivity index (χ0n) is 12.5. The maximum Gasteiger partial charge on any atom is 0.0956 e. The van der Waals surface area contributed by atoms with E-state index >= 15 is 0 Å². The molecule has 0 amide bonds. The number of piperidine rings is 1. The Morgan fingerprint density at radius 2 is 1.81 bits per heavy atom. The van der Waals surface area contributed by atoms with Crippen molar-refractivity contribution in [2.45, 2.75) is 44.6 Å². The summed E-state index contributed by atoms with van der Waals surface area (Å²) in [6.07, 6.45) is 7.84. The Morgan fingerprint density at radius 1 is 1.00 bits per heavy atom. The fraction of sp³-hybridized carbons (Fsp3) is 0.500. The van der Waals surface area contributed by atoms with Crippen molar-refractivity contribution in [2.75, 3.05) is 13.1 Å². The third-order valence-corrected chi connectivity index (χ3v) is 5.02. The highest BCUT2D eigenvalue weighted by atomic mass is 15.2. The van der Waals surface area contributed by atoms with E-state index in [0.29, 0.717) is 6.04 Å². The fourth-order valence-corrected chi connectivity index (χ4v) is 3.95. The van der Waals surface area contributed by atoms with Crippen LogP contribution in [0.2, 0.25) is 0 Å². The lowest BCUT2D eigenvalue weighted by Gasteiger charge is -2.36. The number of rotatable bonds is 2. The van der Waals surface area contributed by atoms with Crippen LogP contribution in [0.5, 0.6) is 0 Å². The number of fused-ring (bicyclic) bond motifs is 1. The first-order valence-electron chi connectivity index (χ1n) is 8.30. The maximum atomic E-state index is 4.66. The first-order valence-corrected chi connectivity index (χ1v) is 8.30. The molecule has 1 aromatic carbocycles. The Balaban J connectivity index is 1.68. The van der Waals surface area contributed by atoms with E-state index in [1.807, 2.05) is 0 Å². The number of aromatic nitrogens is 2. The van der Waals surface area contributed by atoms with Crippen molar-refractivity contribution in [2.24, 2.45) is 0 Å². The number of benzene rings is 1. The number of aromatic amines is 1. The molecule has 2 aliphatic rings. The van der Waals surface area contributed by atoms with Gasteiger partial charge in [-0.1, -0.05) is 36.8 Å². The Morgan fingerprint density at radius 3 is 2.62 bits per heavy atom. The highest BCUT2D eigenvalue weighted by Crippen LogP contribution is 2.38. The molecule has 0 radical (unpaired) electrons. The summed E-state index contributed by atoms with van der Waals surface area (Å²) in [6, 6.07) is 11.2. The Kier molecular flexibility index (Phi) is 3.52. The smallest absolute Gasteiger partial charge is 0.0956 e. The summed E-state index contributed by atoms with van der Waals surface area (Å²) in [5, 5.41) is 8.04. The van der Waals surface area contributed by atoms with Crippen LogP contribution < -0.4 is 0 Å². The summed E-state index contributed by atoms with van der Waals surface area (Å²) in [6.45, 7) is 2.51. The van der Waals surface area contributed by atoms with Crippen LogP contribution in [-0.2, 0) is 6.42 Å². The maximum absolute atomic E-state index is 4.66. The summed E-state index contributed by atoms with van der Waals surface area (Å²) in [4.78, 5) is 2.68. The minimum Gasteiger partial charge on any atom is -0.295 e. The summed E-state index contributed by atoms with van der Waals surface area (Å²) in [5.74, 6) is 0. The van der Waals surface area contributed by atoms with Crippen molar-refractivity contribution >= 4 is 0 Å². The largest absolute Gasteiger partial charge is 0.295 e. The SMILES string of the molecule is c1ccc(-c2n[nH]c3c2CCCC3N2CCCCC2)cc1. The first kappa shape index (κ1) is 13.1. The van der Waals surface area contributed by atoms with Gasteiger partial charge in [0.05, 0.1) is 17.4 Å². The second kappa shape index (κ2) is 5.64. The number of hydrogen-bond acceptors (Lipinski definition) is 2. The number of hydrogen-bond donors (Lipinski definition) is 1. The van der Waals surface area contributed by atoms with E-state index in [1.54, 1.807) is 0 Å². The van der Waals surface area contributed by atoms with Gasteiger partial charge in [-0.25, -0.2) is 0 Å². The Labute approximate surface area is 126 Å². The molecule has 2 aromatic rings. The molecular formula is C18H23N3. The van der Waals surface area contributed by atoms with Gasteiger partial charge in [0.1, 0.15) is 0 Å². The quantitative estimate of drug-likeness (QED) is 0.904. The van der Waals surface area contributed by atoms with E-state index in [4.69, 9.17) is 0 Å². The highest BCUT2D eigenvalue weighted by molar-refractivity contribution is 5.64. The summed E-state index contributed by atoms with van der Waals surface area (Å²) in [5.41, 5.74) is 5.27. The van der Waals surface area contributed by atoms with Crippen LogP contribution in [0.4, 0.5) is 0 Å². The molecule has 110 valence electrons. The van der Waals surface area contributed by atoms with E-state index in [0.717, 1.165) is 0 Å². The normalized spacial score (nSPS) is 23.0. The molecule has 2 heterocycles. The average Bonchev–Trinajstić information content (AvgIpc) is 3.00. The molecule has 1 saturated heterocycles. The van der Waals surface area contributed by atoms with Gasteiger partial charge in [-0.05, 0) is 45.2 Å². The molecular weight excluding hydrogens is 258 g/mol. The van der Waals surface area contributed by atoms with Crippen molar-refractivity contribution in [3.63, 3.8) is 0 Å². The van der Waals surface area contributed by atoms with E-state index in [-0.39, 0.29) is 0 Å². The first-order chi connectivity index (χ1) is 10.4. The standard InChI is InChI=1S/C18H23N3/c1-3-8-14(9-4-1)17-15-10-7-11-16(18(15)20-19-17)21-12-5-2-6-13-21/h1,3-4,8-9,16H,2,5-7,10-13H2,(H,19,20). The zero-order chi connectivity index (χ0) is 14.1.